The maximum absolute atomic E-state index is 2.45. The molecule has 1 aliphatic rings. The van der Waals surface area contributed by atoms with Gasteiger partial charge in [-0.15, -0.1) is 0 Å². The molecule has 0 unspecified atom stereocenters. The summed E-state index contributed by atoms with van der Waals surface area (Å²) in [5.41, 5.74) is 7.63. The van der Waals surface area contributed by atoms with E-state index in [0.29, 0.717) is 0 Å². The number of aryl methyl sites for hydroxylation is 5. The Balaban J connectivity index is 1.15. The highest BCUT2D eigenvalue weighted by atomic mass is 14.2. The SMILES string of the molecule is Cc1ccc(CCCCCCCCCCc2ccc3c(c2)CC3)cc1. The molecule has 0 amide bonds. The van der Waals surface area contributed by atoms with E-state index in [1.54, 1.807) is 16.7 Å². The Morgan fingerprint density at radius 1 is 0.560 bits per heavy atom. The van der Waals surface area contributed by atoms with Crippen LogP contribution in [0.3, 0.4) is 0 Å². The van der Waals surface area contributed by atoms with Gasteiger partial charge in [-0.05, 0) is 67.7 Å². The van der Waals surface area contributed by atoms with Crippen molar-refractivity contribution in [1.29, 1.82) is 0 Å². The van der Waals surface area contributed by atoms with Crippen LogP contribution in [0.4, 0.5) is 0 Å². The molecule has 0 N–H and O–H groups in total. The van der Waals surface area contributed by atoms with Gasteiger partial charge in [-0.2, -0.15) is 0 Å². The van der Waals surface area contributed by atoms with Crippen molar-refractivity contribution in [1.82, 2.24) is 0 Å². The van der Waals surface area contributed by atoms with Gasteiger partial charge in [-0.25, -0.2) is 0 Å². The van der Waals surface area contributed by atoms with Gasteiger partial charge in [0.2, 0.25) is 0 Å². The van der Waals surface area contributed by atoms with Crippen LogP contribution in [0, 0.1) is 6.92 Å². The van der Waals surface area contributed by atoms with E-state index in [2.05, 4.69) is 49.4 Å². The lowest BCUT2D eigenvalue weighted by Crippen LogP contribution is -2.08. The van der Waals surface area contributed by atoms with Crippen molar-refractivity contribution >= 4 is 0 Å². The molecule has 0 bridgehead atoms. The van der Waals surface area contributed by atoms with Gasteiger partial charge in [-0.1, -0.05) is 86.6 Å². The minimum absolute atomic E-state index is 1.25. The van der Waals surface area contributed by atoms with Crippen molar-refractivity contribution in [2.75, 3.05) is 0 Å². The normalized spacial score (nSPS) is 12.7. The highest BCUT2D eigenvalue weighted by molar-refractivity contribution is 5.38. The molecule has 2 aromatic carbocycles. The fourth-order valence-corrected chi connectivity index (χ4v) is 3.88. The van der Waals surface area contributed by atoms with Crippen molar-refractivity contribution in [3.63, 3.8) is 0 Å². The van der Waals surface area contributed by atoms with E-state index in [9.17, 15) is 0 Å². The van der Waals surface area contributed by atoms with Gasteiger partial charge in [0, 0.05) is 0 Å². The van der Waals surface area contributed by atoms with E-state index >= 15 is 0 Å². The molecule has 3 rings (SSSR count). The van der Waals surface area contributed by atoms with Crippen LogP contribution in [-0.2, 0) is 25.7 Å². The largest absolute Gasteiger partial charge is 0.0591 e. The predicted octanol–water partition coefficient (Wildman–Crippen LogP) is 7.00. The van der Waals surface area contributed by atoms with E-state index in [-0.39, 0.29) is 0 Å². The maximum atomic E-state index is 2.45. The number of unbranched alkanes of at least 4 members (excludes halogenated alkanes) is 7. The fourth-order valence-electron chi connectivity index (χ4n) is 3.88. The summed E-state index contributed by atoms with van der Waals surface area (Å²) in [4.78, 5) is 0. The lowest BCUT2D eigenvalue weighted by molar-refractivity contribution is 0.567. The van der Waals surface area contributed by atoms with Gasteiger partial charge in [0.25, 0.3) is 0 Å². The maximum Gasteiger partial charge on any atom is -0.0235 e. The van der Waals surface area contributed by atoms with Gasteiger partial charge in [0.1, 0.15) is 0 Å². The Hall–Kier alpha value is -1.56. The van der Waals surface area contributed by atoms with Gasteiger partial charge in [-0.3, -0.25) is 0 Å². The molecule has 0 fully saturated rings. The van der Waals surface area contributed by atoms with E-state index in [1.807, 2.05) is 0 Å². The smallest absolute Gasteiger partial charge is 0.0235 e. The molecule has 0 radical (unpaired) electrons. The molecule has 0 aromatic heterocycles. The summed E-state index contributed by atoms with van der Waals surface area (Å²) in [5, 5.41) is 0. The van der Waals surface area contributed by atoms with Gasteiger partial charge in [0.05, 0.1) is 0 Å². The first kappa shape index (κ1) is 18.2. The molecule has 0 saturated carbocycles. The number of rotatable bonds is 11. The zero-order valence-electron chi connectivity index (χ0n) is 16.0. The Morgan fingerprint density at radius 2 is 1.08 bits per heavy atom. The summed E-state index contributed by atoms with van der Waals surface area (Å²) in [6.07, 6.45) is 16.3. The predicted molar refractivity (Wildman–Crippen MR) is 109 cm³/mol. The van der Waals surface area contributed by atoms with Crippen LogP contribution in [0.2, 0.25) is 0 Å². The molecule has 0 saturated heterocycles. The summed E-state index contributed by atoms with van der Waals surface area (Å²) in [6, 6.07) is 16.2. The summed E-state index contributed by atoms with van der Waals surface area (Å²) >= 11 is 0. The molecule has 2 aromatic rings. The Morgan fingerprint density at radius 3 is 1.64 bits per heavy atom. The highest BCUT2D eigenvalue weighted by Crippen LogP contribution is 2.24. The summed E-state index contributed by atoms with van der Waals surface area (Å²) in [7, 11) is 0. The molecular formula is C25H34. The van der Waals surface area contributed by atoms with Crippen LogP contribution >= 0.6 is 0 Å². The monoisotopic (exact) mass is 334 g/mol. The molecule has 0 heteroatoms. The van der Waals surface area contributed by atoms with E-state index in [1.165, 1.54) is 88.2 Å². The summed E-state index contributed by atoms with van der Waals surface area (Å²) in [6.45, 7) is 2.16. The minimum atomic E-state index is 1.25. The quantitative estimate of drug-likeness (QED) is 0.388. The fraction of sp³-hybridized carbons (Fsp3) is 0.520. The van der Waals surface area contributed by atoms with Gasteiger partial charge in [0.15, 0.2) is 0 Å². The first-order valence-corrected chi connectivity index (χ1v) is 10.5. The molecule has 0 atom stereocenters. The highest BCUT2D eigenvalue weighted by Gasteiger charge is 2.12. The third-order valence-corrected chi connectivity index (χ3v) is 5.74. The second kappa shape index (κ2) is 9.80. The van der Waals surface area contributed by atoms with Crippen LogP contribution in [0.15, 0.2) is 42.5 Å². The zero-order valence-corrected chi connectivity index (χ0v) is 16.0. The number of hydrogen-bond donors (Lipinski definition) is 0. The second-order valence-corrected chi connectivity index (χ2v) is 7.92. The molecule has 0 aliphatic heterocycles. The Kier molecular flexibility index (Phi) is 7.15. The third-order valence-electron chi connectivity index (χ3n) is 5.74. The van der Waals surface area contributed by atoms with Crippen molar-refractivity contribution in [2.45, 2.75) is 84.0 Å². The standard InChI is InChI=1S/C25H34/c1-21-12-14-22(15-13-21)10-8-6-4-2-3-5-7-9-11-23-16-17-24-18-19-25(24)20-23/h12-17,20H,2-11,18-19H2,1H3. The van der Waals surface area contributed by atoms with Crippen molar-refractivity contribution in [3.05, 3.63) is 70.3 Å². The number of benzene rings is 2. The van der Waals surface area contributed by atoms with Crippen molar-refractivity contribution in [3.8, 4) is 0 Å². The average molecular weight is 335 g/mol. The van der Waals surface area contributed by atoms with Crippen LogP contribution in [0.5, 0.6) is 0 Å². The topological polar surface area (TPSA) is 0 Å². The van der Waals surface area contributed by atoms with Crippen molar-refractivity contribution in [2.24, 2.45) is 0 Å². The van der Waals surface area contributed by atoms with E-state index < -0.39 is 0 Å². The summed E-state index contributed by atoms with van der Waals surface area (Å²) in [5.74, 6) is 0. The first-order chi connectivity index (χ1) is 12.3. The van der Waals surface area contributed by atoms with Crippen molar-refractivity contribution < 1.29 is 0 Å². The Bertz CT molecular complexity index is 636. The van der Waals surface area contributed by atoms with Gasteiger partial charge >= 0.3 is 0 Å². The summed E-state index contributed by atoms with van der Waals surface area (Å²) < 4.78 is 0. The minimum Gasteiger partial charge on any atom is -0.0591 e. The molecule has 0 heterocycles. The van der Waals surface area contributed by atoms with Gasteiger partial charge < -0.3 is 0 Å². The molecule has 0 spiro atoms. The van der Waals surface area contributed by atoms with Crippen LogP contribution < -0.4 is 0 Å². The molecular weight excluding hydrogens is 300 g/mol. The Labute approximate surface area is 154 Å². The van der Waals surface area contributed by atoms with Crippen LogP contribution in [0.1, 0.15) is 79.2 Å². The van der Waals surface area contributed by atoms with E-state index in [4.69, 9.17) is 0 Å². The third kappa shape index (κ3) is 6.03. The lowest BCUT2D eigenvalue weighted by Gasteiger charge is -2.19. The molecule has 1 aliphatic carbocycles. The average Bonchev–Trinajstić information content (AvgIpc) is 2.60. The second-order valence-electron chi connectivity index (χ2n) is 7.92. The van der Waals surface area contributed by atoms with Crippen LogP contribution in [-0.4, -0.2) is 0 Å². The van der Waals surface area contributed by atoms with Crippen LogP contribution in [0.25, 0.3) is 0 Å². The first-order valence-electron chi connectivity index (χ1n) is 10.5. The number of fused-ring (bicyclic) bond motifs is 1. The molecule has 134 valence electrons. The number of hydrogen-bond acceptors (Lipinski definition) is 0. The molecule has 0 nitrogen and oxygen atoms in total. The lowest BCUT2D eigenvalue weighted by atomic mass is 9.86. The van der Waals surface area contributed by atoms with E-state index in [0.717, 1.165) is 0 Å². The molecule has 25 heavy (non-hydrogen) atoms. The zero-order chi connectivity index (χ0) is 17.3.